The smallest absolute Gasteiger partial charge is 0.257 e. The van der Waals surface area contributed by atoms with E-state index in [0.717, 1.165) is 10.4 Å². The van der Waals surface area contributed by atoms with E-state index in [4.69, 9.17) is 0 Å². The normalized spacial score (nSPS) is 10.1. The monoisotopic (exact) mass is 232 g/mol. The van der Waals surface area contributed by atoms with E-state index in [1.54, 1.807) is 6.20 Å². The van der Waals surface area contributed by atoms with Gasteiger partial charge in [0.25, 0.3) is 5.91 Å². The largest absolute Gasteiger partial charge is 0.298 e. The Balaban J connectivity index is 2.11. The van der Waals surface area contributed by atoms with Crippen molar-refractivity contribution < 1.29 is 4.79 Å². The number of carbonyl (C=O) groups excluding carboxylic acids is 1. The lowest BCUT2D eigenvalue weighted by Crippen LogP contribution is -2.11. The standard InChI is InChI=1S/C12H12N2OS/c1-8-3-5-10(6-4-8)11(15)14-12-13-7-9(2)16-12/h3-7H,1-2H3,(H,13,14,15). The van der Waals surface area contributed by atoms with Gasteiger partial charge in [-0.1, -0.05) is 17.7 Å². The van der Waals surface area contributed by atoms with Gasteiger partial charge in [0.15, 0.2) is 5.13 Å². The summed E-state index contributed by atoms with van der Waals surface area (Å²) in [5.41, 5.74) is 1.79. The highest BCUT2D eigenvalue weighted by atomic mass is 32.1. The summed E-state index contributed by atoms with van der Waals surface area (Å²) < 4.78 is 0. The second-order valence-electron chi connectivity index (χ2n) is 3.60. The zero-order valence-corrected chi connectivity index (χ0v) is 9.97. The summed E-state index contributed by atoms with van der Waals surface area (Å²) in [5.74, 6) is -0.116. The third-order valence-electron chi connectivity index (χ3n) is 2.16. The molecule has 1 N–H and O–H groups in total. The molecule has 0 aliphatic carbocycles. The fourth-order valence-electron chi connectivity index (χ4n) is 1.29. The van der Waals surface area contributed by atoms with Crippen molar-refractivity contribution in [3.05, 3.63) is 46.5 Å². The summed E-state index contributed by atoms with van der Waals surface area (Å²) in [5, 5.41) is 3.41. The van der Waals surface area contributed by atoms with E-state index in [1.165, 1.54) is 11.3 Å². The van der Waals surface area contributed by atoms with Gasteiger partial charge in [-0.25, -0.2) is 4.98 Å². The highest BCUT2D eigenvalue weighted by molar-refractivity contribution is 7.15. The van der Waals surface area contributed by atoms with Crippen LogP contribution in [0.2, 0.25) is 0 Å². The Hall–Kier alpha value is -1.68. The molecule has 2 rings (SSSR count). The molecule has 4 heteroatoms. The van der Waals surface area contributed by atoms with Crippen LogP contribution in [0.3, 0.4) is 0 Å². The first kappa shape index (κ1) is 10.8. The molecule has 0 aliphatic heterocycles. The fraction of sp³-hybridized carbons (Fsp3) is 0.167. The highest BCUT2D eigenvalue weighted by Crippen LogP contribution is 2.17. The predicted molar refractivity (Wildman–Crippen MR) is 66.0 cm³/mol. The van der Waals surface area contributed by atoms with E-state index >= 15 is 0 Å². The van der Waals surface area contributed by atoms with Gasteiger partial charge in [0.1, 0.15) is 0 Å². The lowest BCUT2D eigenvalue weighted by Gasteiger charge is -2.01. The van der Waals surface area contributed by atoms with Crippen molar-refractivity contribution in [2.24, 2.45) is 0 Å². The van der Waals surface area contributed by atoms with Crippen molar-refractivity contribution in [2.45, 2.75) is 13.8 Å². The van der Waals surface area contributed by atoms with Crippen LogP contribution in [0.25, 0.3) is 0 Å². The Morgan fingerprint density at radius 3 is 2.50 bits per heavy atom. The molecule has 0 saturated carbocycles. The molecule has 82 valence electrons. The molecule has 0 aliphatic rings. The summed E-state index contributed by atoms with van der Waals surface area (Å²) in [6.07, 6.45) is 1.75. The molecule has 16 heavy (non-hydrogen) atoms. The molecule has 0 atom stereocenters. The van der Waals surface area contributed by atoms with Crippen molar-refractivity contribution in [1.82, 2.24) is 4.98 Å². The van der Waals surface area contributed by atoms with Crippen molar-refractivity contribution in [3.8, 4) is 0 Å². The minimum absolute atomic E-state index is 0.116. The predicted octanol–water partition coefficient (Wildman–Crippen LogP) is 3.01. The van der Waals surface area contributed by atoms with Crippen molar-refractivity contribution >= 4 is 22.4 Å². The number of thiazole rings is 1. The number of carbonyl (C=O) groups is 1. The Kier molecular flexibility index (Phi) is 3.01. The minimum atomic E-state index is -0.116. The maximum atomic E-state index is 11.8. The minimum Gasteiger partial charge on any atom is -0.298 e. The molecule has 0 saturated heterocycles. The first-order valence-corrected chi connectivity index (χ1v) is 5.77. The molecule has 0 bridgehead atoms. The van der Waals surface area contributed by atoms with Crippen LogP contribution in [-0.2, 0) is 0 Å². The SMILES string of the molecule is Cc1ccc(C(=O)Nc2ncc(C)s2)cc1. The zero-order valence-electron chi connectivity index (χ0n) is 9.15. The average Bonchev–Trinajstić information content (AvgIpc) is 2.65. The van der Waals surface area contributed by atoms with Gasteiger partial charge in [-0.15, -0.1) is 11.3 Å². The molecule has 1 amide bonds. The summed E-state index contributed by atoms with van der Waals surface area (Å²) in [4.78, 5) is 17.0. The average molecular weight is 232 g/mol. The van der Waals surface area contributed by atoms with Crippen LogP contribution in [0, 0.1) is 13.8 Å². The molecular weight excluding hydrogens is 220 g/mol. The molecule has 1 aromatic heterocycles. The van der Waals surface area contributed by atoms with Crippen molar-refractivity contribution in [2.75, 3.05) is 5.32 Å². The molecular formula is C12H12N2OS. The van der Waals surface area contributed by atoms with Gasteiger partial charge in [0.2, 0.25) is 0 Å². The summed E-state index contributed by atoms with van der Waals surface area (Å²) >= 11 is 1.47. The summed E-state index contributed by atoms with van der Waals surface area (Å²) in [6.45, 7) is 3.95. The van der Waals surface area contributed by atoms with Crippen LogP contribution >= 0.6 is 11.3 Å². The first-order chi connectivity index (χ1) is 7.65. The lowest BCUT2D eigenvalue weighted by molar-refractivity contribution is 0.102. The molecule has 2 aromatic rings. The van der Waals surface area contributed by atoms with Crippen molar-refractivity contribution in [1.29, 1.82) is 0 Å². The van der Waals surface area contributed by atoms with Crippen LogP contribution in [-0.4, -0.2) is 10.9 Å². The molecule has 3 nitrogen and oxygen atoms in total. The van der Waals surface area contributed by atoms with E-state index in [0.29, 0.717) is 10.7 Å². The quantitative estimate of drug-likeness (QED) is 0.864. The number of hydrogen-bond donors (Lipinski definition) is 1. The zero-order chi connectivity index (χ0) is 11.5. The van der Waals surface area contributed by atoms with Gasteiger partial charge in [0, 0.05) is 16.6 Å². The third kappa shape index (κ3) is 2.46. The molecule has 0 fully saturated rings. The number of rotatable bonds is 2. The van der Waals surface area contributed by atoms with Gasteiger partial charge in [-0.2, -0.15) is 0 Å². The molecule has 0 spiro atoms. The number of amides is 1. The number of nitrogens with zero attached hydrogens (tertiary/aromatic N) is 1. The topological polar surface area (TPSA) is 42.0 Å². The molecule has 1 aromatic carbocycles. The van der Waals surface area contributed by atoms with Gasteiger partial charge >= 0.3 is 0 Å². The maximum Gasteiger partial charge on any atom is 0.257 e. The van der Waals surface area contributed by atoms with E-state index in [1.807, 2.05) is 38.1 Å². The lowest BCUT2D eigenvalue weighted by atomic mass is 10.1. The second kappa shape index (κ2) is 4.45. The molecule has 0 radical (unpaired) electrons. The van der Waals surface area contributed by atoms with E-state index in [2.05, 4.69) is 10.3 Å². The molecule has 1 heterocycles. The van der Waals surface area contributed by atoms with Crippen LogP contribution in [0.4, 0.5) is 5.13 Å². The van der Waals surface area contributed by atoms with Gasteiger partial charge < -0.3 is 0 Å². The van der Waals surface area contributed by atoms with E-state index in [9.17, 15) is 4.79 Å². The second-order valence-corrected chi connectivity index (χ2v) is 4.83. The van der Waals surface area contributed by atoms with E-state index < -0.39 is 0 Å². The number of aromatic nitrogens is 1. The fourth-order valence-corrected chi connectivity index (χ4v) is 1.95. The van der Waals surface area contributed by atoms with Crippen LogP contribution in [0.1, 0.15) is 20.8 Å². The van der Waals surface area contributed by atoms with E-state index in [-0.39, 0.29) is 5.91 Å². The van der Waals surface area contributed by atoms with Crippen LogP contribution in [0.5, 0.6) is 0 Å². The van der Waals surface area contributed by atoms with Crippen LogP contribution in [0.15, 0.2) is 30.5 Å². The Morgan fingerprint density at radius 2 is 1.94 bits per heavy atom. The van der Waals surface area contributed by atoms with Gasteiger partial charge in [0.05, 0.1) is 0 Å². The summed E-state index contributed by atoms with van der Waals surface area (Å²) in [7, 11) is 0. The third-order valence-corrected chi connectivity index (χ3v) is 2.98. The Bertz CT molecular complexity index is 502. The molecule has 0 unspecified atom stereocenters. The number of benzene rings is 1. The highest BCUT2D eigenvalue weighted by Gasteiger charge is 2.07. The van der Waals surface area contributed by atoms with Crippen LogP contribution < -0.4 is 5.32 Å². The Morgan fingerprint density at radius 1 is 1.25 bits per heavy atom. The van der Waals surface area contributed by atoms with Crippen molar-refractivity contribution in [3.63, 3.8) is 0 Å². The van der Waals surface area contributed by atoms with Gasteiger partial charge in [-0.3, -0.25) is 10.1 Å². The summed E-state index contributed by atoms with van der Waals surface area (Å²) in [6, 6.07) is 7.46. The van der Waals surface area contributed by atoms with Gasteiger partial charge in [-0.05, 0) is 26.0 Å². The Labute approximate surface area is 98.2 Å². The first-order valence-electron chi connectivity index (χ1n) is 4.95. The number of nitrogens with one attached hydrogen (secondary N) is 1. The number of hydrogen-bond acceptors (Lipinski definition) is 3. The number of anilines is 1. The maximum absolute atomic E-state index is 11.8. The number of aryl methyl sites for hydroxylation is 2.